The molecule has 0 saturated carbocycles. The molecule has 7 heteroatoms. The van der Waals surface area contributed by atoms with Crippen molar-refractivity contribution in [2.75, 3.05) is 6.61 Å². The molecule has 29 heavy (non-hydrogen) atoms. The van der Waals surface area contributed by atoms with Gasteiger partial charge in [-0.2, -0.15) is 5.10 Å². The summed E-state index contributed by atoms with van der Waals surface area (Å²) >= 11 is 12.2. The molecule has 1 N–H and O–H groups in total. The second-order valence-corrected chi connectivity index (χ2v) is 7.23. The summed E-state index contributed by atoms with van der Waals surface area (Å²) in [5, 5.41) is 5.11. The van der Waals surface area contributed by atoms with Crippen LogP contribution in [0, 0.1) is 13.8 Å². The fourth-order valence-electron chi connectivity index (χ4n) is 3.03. The predicted molar refractivity (Wildman–Crippen MR) is 118 cm³/mol. The van der Waals surface area contributed by atoms with E-state index in [0.29, 0.717) is 22.2 Å². The van der Waals surface area contributed by atoms with E-state index < -0.39 is 0 Å². The Hall–Kier alpha value is -2.76. The smallest absolute Gasteiger partial charge is 0.271 e. The molecule has 0 fully saturated rings. The van der Waals surface area contributed by atoms with Crippen LogP contribution in [-0.4, -0.2) is 23.3 Å². The summed E-state index contributed by atoms with van der Waals surface area (Å²) in [5.41, 5.74) is 6.84. The summed E-state index contributed by atoms with van der Waals surface area (Å²) in [7, 11) is 0. The van der Waals surface area contributed by atoms with E-state index in [1.165, 1.54) is 0 Å². The van der Waals surface area contributed by atoms with Crippen molar-refractivity contribution in [3.8, 4) is 11.4 Å². The lowest BCUT2D eigenvalue weighted by Crippen LogP contribution is -2.17. The molecule has 0 atom stereocenters. The minimum absolute atomic E-state index is 0.289. The maximum atomic E-state index is 12.3. The highest BCUT2D eigenvalue weighted by Crippen LogP contribution is 2.27. The average Bonchev–Trinajstić information content (AvgIpc) is 2.98. The molecule has 3 rings (SSSR count). The van der Waals surface area contributed by atoms with Gasteiger partial charge in [-0.25, -0.2) is 5.43 Å². The van der Waals surface area contributed by atoms with Crippen LogP contribution in [0.3, 0.4) is 0 Å². The molecular weight excluding hydrogens is 409 g/mol. The van der Waals surface area contributed by atoms with Crippen LogP contribution in [0.4, 0.5) is 0 Å². The molecule has 0 aliphatic rings. The number of aromatic nitrogens is 1. The fourth-order valence-corrected chi connectivity index (χ4v) is 3.33. The Balaban J connectivity index is 1.74. The van der Waals surface area contributed by atoms with Crippen LogP contribution in [0.1, 0.15) is 34.2 Å². The van der Waals surface area contributed by atoms with Gasteiger partial charge in [-0.3, -0.25) is 4.79 Å². The Kier molecular flexibility index (Phi) is 6.62. The third kappa shape index (κ3) is 4.81. The Bertz CT molecular complexity index is 1060. The lowest BCUT2D eigenvalue weighted by atomic mass is 10.2. The van der Waals surface area contributed by atoms with E-state index in [2.05, 4.69) is 15.1 Å². The van der Waals surface area contributed by atoms with Crippen LogP contribution >= 0.6 is 23.2 Å². The van der Waals surface area contributed by atoms with Crippen LogP contribution in [-0.2, 0) is 0 Å². The zero-order chi connectivity index (χ0) is 21.0. The maximum Gasteiger partial charge on any atom is 0.271 e. The largest absolute Gasteiger partial charge is 0.494 e. The summed E-state index contributed by atoms with van der Waals surface area (Å²) in [5.74, 6) is 0.435. The van der Waals surface area contributed by atoms with Crippen molar-refractivity contribution in [1.82, 2.24) is 9.99 Å². The molecule has 0 aliphatic carbocycles. The fraction of sp³-hybridized carbons (Fsp3) is 0.182. The molecule has 0 bridgehead atoms. The first kappa shape index (κ1) is 21.0. The van der Waals surface area contributed by atoms with Gasteiger partial charge in [0.25, 0.3) is 5.91 Å². The van der Waals surface area contributed by atoms with Gasteiger partial charge in [0, 0.05) is 28.2 Å². The average molecular weight is 430 g/mol. The van der Waals surface area contributed by atoms with Gasteiger partial charge in [0.15, 0.2) is 0 Å². The Morgan fingerprint density at radius 1 is 1.10 bits per heavy atom. The number of hydrogen-bond donors (Lipinski definition) is 1. The first-order valence-electron chi connectivity index (χ1n) is 9.11. The van der Waals surface area contributed by atoms with Crippen molar-refractivity contribution in [2.24, 2.45) is 5.10 Å². The van der Waals surface area contributed by atoms with Crippen LogP contribution < -0.4 is 10.2 Å². The van der Waals surface area contributed by atoms with E-state index >= 15 is 0 Å². The van der Waals surface area contributed by atoms with Crippen LogP contribution in [0.5, 0.6) is 5.75 Å². The quantitative estimate of drug-likeness (QED) is 0.411. The molecular formula is C22H21Cl2N3O2. The molecule has 0 spiro atoms. The van der Waals surface area contributed by atoms with E-state index in [0.717, 1.165) is 28.4 Å². The SMILES string of the molecule is CCOc1ccc(C(=O)N/N=C\c2cc(C)n(-c3ccc(Cl)c(Cl)c3)c2C)cc1. The number of rotatable bonds is 6. The maximum absolute atomic E-state index is 12.3. The summed E-state index contributed by atoms with van der Waals surface area (Å²) in [6, 6.07) is 14.4. The molecule has 0 unspecified atom stereocenters. The molecule has 5 nitrogen and oxygen atoms in total. The summed E-state index contributed by atoms with van der Waals surface area (Å²) < 4.78 is 7.43. The van der Waals surface area contributed by atoms with Gasteiger partial charge in [0.05, 0.1) is 22.9 Å². The molecule has 150 valence electrons. The number of carbonyl (C=O) groups excluding carboxylic acids is 1. The number of nitrogens with zero attached hydrogens (tertiary/aromatic N) is 2. The highest BCUT2D eigenvalue weighted by atomic mass is 35.5. The summed E-state index contributed by atoms with van der Waals surface area (Å²) in [4.78, 5) is 12.3. The number of nitrogens with one attached hydrogen (secondary N) is 1. The Morgan fingerprint density at radius 2 is 1.83 bits per heavy atom. The predicted octanol–water partition coefficient (Wildman–Crippen LogP) is 5.56. The first-order chi connectivity index (χ1) is 13.9. The number of ether oxygens (including phenoxy) is 1. The molecule has 0 aliphatic heterocycles. The number of hydrazone groups is 1. The molecule has 0 radical (unpaired) electrons. The second-order valence-electron chi connectivity index (χ2n) is 6.42. The molecule has 1 amide bonds. The van der Waals surface area contributed by atoms with Crippen molar-refractivity contribution in [3.05, 3.63) is 81.1 Å². The van der Waals surface area contributed by atoms with Gasteiger partial charge in [-0.05, 0) is 69.3 Å². The zero-order valence-electron chi connectivity index (χ0n) is 16.4. The monoisotopic (exact) mass is 429 g/mol. The molecule has 1 aromatic heterocycles. The van der Waals surface area contributed by atoms with E-state index in [9.17, 15) is 4.79 Å². The Morgan fingerprint density at radius 3 is 2.48 bits per heavy atom. The number of hydrogen-bond acceptors (Lipinski definition) is 3. The molecule has 2 aromatic carbocycles. The summed E-state index contributed by atoms with van der Waals surface area (Å²) in [6.45, 7) is 6.46. The number of carbonyl (C=O) groups is 1. The zero-order valence-corrected chi connectivity index (χ0v) is 17.9. The van der Waals surface area contributed by atoms with Crippen molar-refractivity contribution >= 4 is 35.3 Å². The first-order valence-corrected chi connectivity index (χ1v) is 9.87. The topological polar surface area (TPSA) is 55.6 Å². The van der Waals surface area contributed by atoms with Crippen LogP contribution in [0.15, 0.2) is 53.6 Å². The second kappa shape index (κ2) is 9.16. The van der Waals surface area contributed by atoms with Gasteiger partial charge < -0.3 is 9.30 Å². The highest BCUT2D eigenvalue weighted by Gasteiger charge is 2.11. The van der Waals surface area contributed by atoms with E-state index in [-0.39, 0.29) is 5.91 Å². The van der Waals surface area contributed by atoms with Crippen molar-refractivity contribution in [2.45, 2.75) is 20.8 Å². The summed E-state index contributed by atoms with van der Waals surface area (Å²) in [6.07, 6.45) is 1.63. The van der Waals surface area contributed by atoms with Crippen LogP contribution in [0.2, 0.25) is 10.0 Å². The number of benzene rings is 2. The van der Waals surface area contributed by atoms with Gasteiger partial charge in [-0.1, -0.05) is 23.2 Å². The molecule has 1 heterocycles. The molecule has 3 aromatic rings. The minimum atomic E-state index is -0.289. The van der Waals surface area contributed by atoms with Gasteiger partial charge >= 0.3 is 0 Å². The number of halogens is 2. The van der Waals surface area contributed by atoms with Crippen LogP contribution in [0.25, 0.3) is 5.69 Å². The standard InChI is InChI=1S/C22H21Cl2N3O2/c1-4-29-19-8-5-16(6-9-19)22(28)26-25-13-17-11-14(2)27(15(17)3)18-7-10-20(23)21(24)12-18/h5-13H,4H2,1-3H3,(H,26,28)/b25-13-. The lowest BCUT2D eigenvalue weighted by Gasteiger charge is -2.10. The Labute approximate surface area is 179 Å². The number of aryl methyl sites for hydroxylation is 1. The highest BCUT2D eigenvalue weighted by molar-refractivity contribution is 6.42. The third-order valence-electron chi connectivity index (χ3n) is 4.43. The van der Waals surface area contributed by atoms with E-state index in [4.69, 9.17) is 27.9 Å². The van der Waals surface area contributed by atoms with E-state index in [1.54, 1.807) is 36.5 Å². The van der Waals surface area contributed by atoms with Gasteiger partial charge in [-0.15, -0.1) is 0 Å². The van der Waals surface area contributed by atoms with Gasteiger partial charge in [0.2, 0.25) is 0 Å². The third-order valence-corrected chi connectivity index (χ3v) is 5.17. The van der Waals surface area contributed by atoms with Crippen molar-refractivity contribution < 1.29 is 9.53 Å². The van der Waals surface area contributed by atoms with Crippen molar-refractivity contribution in [3.63, 3.8) is 0 Å². The number of amides is 1. The lowest BCUT2D eigenvalue weighted by molar-refractivity contribution is 0.0955. The minimum Gasteiger partial charge on any atom is -0.494 e. The molecule has 0 saturated heterocycles. The van der Waals surface area contributed by atoms with E-state index in [1.807, 2.05) is 39.0 Å². The normalized spacial score (nSPS) is 11.1. The van der Waals surface area contributed by atoms with Crippen molar-refractivity contribution in [1.29, 1.82) is 0 Å². The van der Waals surface area contributed by atoms with Gasteiger partial charge in [0.1, 0.15) is 5.75 Å².